The molecule has 3 aromatic rings. The van der Waals surface area contributed by atoms with Gasteiger partial charge in [0.15, 0.2) is 17.3 Å². The Morgan fingerprint density at radius 1 is 1.23 bits per heavy atom. The van der Waals surface area contributed by atoms with Gasteiger partial charge in [0.2, 0.25) is 5.65 Å². The zero-order valence-electron chi connectivity index (χ0n) is 17.1. The molecular formula is C18H20FN7O5. The molecule has 0 unspecified atom stereocenters. The van der Waals surface area contributed by atoms with Crippen LogP contribution in [0.1, 0.15) is 41.6 Å². The number of carbonyl (C=O) groups is 2. The highest BCUT2D eigenvalue weighted by Gasteiger charge is 2.21. The van der Waals surface area contributed by atoms with Crippen LogP contribution in [0.15, 0.2) is 18.2 Å². The maximum atomic E-state index is 13.9. The Morgan fingerprint density at radius 3 is 2.61 bits per heavy atom. The number of aromatic carboxylic acids is 1. The first kappa shape index (κ1) is 21.8. The molecule has 1 amide bonds. The third-order valence-electron chi connectivity index (χ3n) is 3.95. The molecule has 1 aromatic carbocycles. The lowest BCUT2D eigenvalue weighted by Crippen LogP contribution is -2.24. The molecule has 0 aliphatic rings. The van der Waals surface area contributed by atoms with Crippen molar-refractivity contribution < 1.29 is 28.6 Å². The van der Waals surface area contributed by atoms with Crippen LogP contribution >= 0.6 is 0 Å². The van der Waals surface area contributed by atoms with Crippen LogP contribution < -0.4 is 15.4 Å². The van der Waals surface area contributed by atoms with E-state index in [2.05, 4.69) is 31.3 Å². The maximum Gasteiger partial charge on any atom is 0.337 e. The average molecular weight is 433 g/mol. The number of amides is 1. The minimum absolute atomic E-state index is 0.107. The van der Waals surface area contributed by atoms with Gasteiger partial charge in [0.05, 0.1) is 29.6 Å². The molecule has 31 heavy (non-hydrogen) atoms. The molecule has 0 saturated heterocycles. The van der Waals surface area contributed by atoms with Crippen molar-refractivity contribution in [1.82, 2.24) is 25.3 Å². The summed E-state index contributed by atoms with van der Waals surface area (Å²) in [6.07, 6.45) is 0. The number of carbonyl (C=O) groups excluding carboxylic acids is 1. The van der Waals surface area contributed by atoms with Gasteiger partial charge in [0.25, 0.3) is 5.91 Å². The van der Waals surface area contributed by atoms with Gasteiger partial charge in [-0.25, -0.2) is 9.18 Å². The molecule has 0 aliphatic carbocycles. The summed E-state index contributed by atoms with van der Waals surface area (Å²) < 4.78 is 25.4. The second-order valence-electron chi connectivity index (χ2n) is 7.30. The lowest BCUT2D eigenvalue weighted by atomic mass is 10.1. The van der Waals surface area contributed by atoms with Crippen molar-refractivity contribution in [2.24, 2.45) is 0 Å². The first-order chi connectivity index (χ1) is 14.6. The highest BCUT2D eigenvalue weighted by Crippen LogP contribution is 2.27. The maximum absolute atomic E-state index is 13.9. The number of anilines is 2. The number of methoxy groups -OCH3 is 1. The smallest absolute Gasteiger partial charge is 0.337 e. The fraction of sp³-hybridized carbons (Fsp3) is 0.333. The summed E-state index contributed by atoms with van der Waals surface area (Å²) >= 11 is 0. The summed E-state index contributed by atoms with van der Waals surface area (Å²) in [4.78, 5) is 24.2. The van der Waals surface area contributed by atoms with E-state index >= 15 is 0 Å². The highest BCUT2D eigenvalue weighted by molar-refractivity contribution is 6.07. The second-order valence-corrected chi connectivity index (χ2v) is 7.30. The molecule has 0 aliphatic heterocycles. The van der Waals surface area contributed by atoms with Gasteiger partial charge in [-0.15, -0.1) is 14.8 Å². The van der Waals surface area contributed by atoms with Gasteiger partial charge >= 0.3 is 5.97 Å². The summed E-state index contributed by atoms with van der Waals surface area (Å²) in [5.41, 5.74) is -0.532. The Bertz CT molecular complexity index is 1140. The molecule has 0 saturated carbocycles. The van der Waals surface area contributed by atoms with Crippen molar-refractivity contribution in [3.8, 4) is 5.75 Å². The van der Waals surface area contributed by atoms with E-state index in [0.717, 1.165) is 16.8 Å². The van der Waals surface area contributed by atoms with Gasteiger partial charge in [0.1, 0.15) is 6.73 Å². The first-order valence-corrected chi connectivity index (χ1v) is 8.98. The van der Waals surface area contributed by atoms with Gasteiger partial charge in [-0.05, 0) is 43.3 Å². The Hall–Kier alpha value is -3.87. The van der Waals surface area contributed by atoms with Crippen LogP contribution in [0.4, 0.5) is 15.8 Å². The summed E-state index contributed by atoms with van der Waals surface area (Å²) in [6, 6.07) is 3.21. The number of aromatic nitrogens is 5. The van der Waals surface area contributed by atoms with Crippen molar-refractivity contribution >= 4 is 28.9 Å². The third-order valence-corrected chi connectivity index (χ3v) is 3.95. The number of hydrogen-bond donors (Lipinski definition) is 3. The number of nitrogens with zero attached hydrogens (tertiary/aromatic N) is 5. The minimum Gasteiger partial charge on any atom is -0.494 e. The number of carboxylic acids is 1. The van der Waals surface area contributed by atoms with Crippen LogP contribution in [0.25, 0.3) is 5.65 Å². The third kappa shape index (κ3) is 5.01. The van der Waals surface area contributed by atoms with Crippen LogP contribution in [0.5, 0.6) is 5.75 Å². The van der Waals surface area contributed by atoms with E-state index in [9.17, 15) is 19.1 Å². The molecule has 0 radical (unpaired) electrons. The van der Waals surface area contributed by atoms with E-state index in [0.29, 0.717) is 5.69 Å². The summed E-state index contributed by atoms with van der Waals surface area (Å²) in [5, 5.41) is 29.8. The SMILES string of the molecule is COc1cc(NC(=O)c2cc(NCOC(C)(C)C)c3nnnn3n2)c(C(=O)O)cc1F. The van der Waals surface area contributed by atoms with Crippen molar-refractivity contribution in [2.75, 3.05) is 24.5 Å². The van der Waals surface area contributed by atoms with Crippen molar-refractivity contribution in [3.63, 3.8) is 0 Å². The number of carboxylic acid groups (broad SMARTS) is 1. The molecule has 3 N–H and O–H groups in total. The topological polar surface area (TPSA) is 153 Å². The summed E-state index contributed by atoms with van der Waals surface area (Å²) in [6.45, 7) is 5.75. The van der Waals surface area contributed by atoms with Gasteiger partial charge in [-0.3, -0.25) is 4.79 Å². The number of hydrogen-bond acceptors (Lipinski definition) is 9. The second kappa shape index (κ2) is 8.47. The Balaban J connectivity index is 1.92. The number of tetrazole rings is 1. The first-order valence-electron chi connectivity index (χ1n) is 8.98. The number of halogens is 1. The summed E-state index contributed by atoms with van der Waals surface area (Å²) in [5.74, 6) is -3.31. The molecule has 12 nitrogen and oxygen atoms in total. The van der Waals surface area contributed by atoms with Crippen molar-refractivity contribution in [2.45, 2.75) is 26.4 Å². The zero-order chi connectivity index (χ0) is 22.8. The Labute approximate surface area is 175 Å². The Kier molecular flexibility index (Phi) is 5.97. The average Bonchev–Trinajstić information content (AvgIpc) is 3.16. The standard InChI is InChI=1S/C18H20FN7O5/c1-18(2,3)31-8-20-12-6-13(23-26-15(12)22-24-25-26)16(27)21-11-7-14(30-4)10(19)5-9(11)17(28)29/h5-7,20H,8H2,1-4H3,(H,21,27)(H,28,29). The highest BCUT2D eigenvalue weighted by atomic mass is 19.1. The number of ether oxygens (including phenoxy) is 2. The predicted molar refractivity (Wildman–Crippen MR) is 106 cm³/mol. The molecule has 2 heterocycles. The van der Waals surface area contributed by atoms with Crippen LogP contribution in [0, 0.1) is 5.82 Å². The van der Waals surface area contributed by atoms with Crippen LogP contribution in [0.3, 0.4) is 0 Å². The number of fused-ring (bicyclic) bond motifs is 1. The molecule has 0 atom stereocenters. The van der Waals surface area contributed by atoms with Crippen LogP contribution in [-0.4, -0.2) is 61.7 Å². The normalized spacial score (nSPS) is 11.4. The van der Waals surface area contributed by atoms with E-state index in [1.54, 1.807) is 0 Å². The molecule has 0 fully saturated rings. The lowest BCUT2D eigenvalue weighted by molar-refractivity contribution is 0.00846. The minimum atomic E-state index is -1.43. The zero-order valence-corrected chi connectivity index (χ0v) is 17.1. The van der Waals surface area contributed by atoms with Crippen molar-refractivity contribution in [1.29, 1.82) is 0 Å². The van der Waals surface area contributed by atoms with Gasteiger partial charge in [0, 0.05) is 6.07 Å². The molecule has 0 spiro atoms. The van der Waals surface area contributed by atoms with Crippen LogP contribution in [-0.2, 0) is 4.74 Å². The monoisotopic (exact) mass is 433 g/mol. The van der Waals surface area contributed by atoms with E-state index in [-0.39, 0.29) is 29.5 Å². The van der Waals surface area contributed by atoms with Gasteiger partial charge < -0.3 is 25.2 Å². The number of rotatable bonds is 7. The Morgan fingerprint density at radius 2 is 1.97 bits per heavy atom. The largest absolute Gasteiger partial charge is 0.494 e. The van der Waals surface area contributed by atoms with E-state index in [4.69, 9.17) is 9.47 Å². The molecular weight excluding hydrogens is 413 g/mol. The van der Waals surface area contributed by atoms with Gasteiger partial charge in [-0.1, -0.05) is 0 Å². The number of benzene rings is 1. The lowest BCUT2D eigenvalue weighted by Gasteiger charge is -2.20. The molecule has 13 heteroatoms. The summed E-state index contributed by atoms with van der Waals surface area (Å²) in [7, 11) is 1.22. The quantitative estimate of drug-likeness (QED) is 0.470. The number of nitrogens with one attached hydrogen (secondary N) is 2. The predicted octanol–water partition coefficient (Wildman–Crippen LogP) is 1.80. The van der Waals surface area contributed by atoms with E-state index < -0.39 is 28.9 Å². The van der Waals surface area contributed by atoms with E-state index in [1.165, 1.54) is 13.2 Å². The van der Waals surface area contributed by atoms with E-state index in [1.807, 2.05) is 20.8 Å². The molecule has 0 bridgehead atoms. The molecule has 2 aromatic heterocycles. The van der Waals surface area contributed by atoms with Crippen LogP contribution in [0.2, 0.25) is 0 Å². The molecule has 3 rings (SSSR count). The van der Waals surface area contributed by atoms with Crippen molar-refractivity contribution in [3.05, 3.63) is 35.3 Å². The van der Waals surface area contributed by atoms with Gasteiger partial charge in [-0.2, -0.15) is 0 Å². The molecule has 164 valence electrons. The fourth-order valence-corrected chi connectivity index (χ4v) is 2.49. The fourth-order valence-electron chi connectivity index (χ4n) is 2.49.